The molecule has 8 heteroatoms. The fourth-order valence-electron chi connectivity index (χ4n) is 2.02. The zero-order valence-electron chi connectivity index (χ0n) is 15.1. The highest BCUT2D eigenvalue weighted by atomic mass is 31.1. The molecule has 0 heterocycles. The predicted molar refractivity (Wildman–Crippen MR) is 89.7 cm³/mol. The van der Waals surface area contributed by atoms with Gasteiger partial charge in [0.1, 0.15) is 12.2 Å². The van der Waals surface area contributed by atoms with Crippen LogP contribution in [0, 0.1) is 0 Å². The monoisotopic (exact) mass is 365 g/mol. The summed E-state index contributed by atoms with van der Waals surface area (Å²) < 4.78 is 31.4. The molecule has 0 aromatic heterocycles. The Labute approximate surface area is 145 Å². The van der Waals surface area contributed by atoms with Gasteiger partial charge in [-0.1, -0.05) is 40.5 Å². The number of hydrogen-bond donors (Lipinski definition) is 0. The lowest BCUT2D eigenvalue weighted by atomic mass is 10.2. The summed E-state index contributed by atoms with van der Waals surface area (Å²) in [6.45, 7) is 6.90. The van der Waals surface area contributed by atoms with Crippen LogP contribution in [-0.4, -0.2) is 37.4 Å². The minimum Gasteiger partial charge on any atom is -0.461 e. The summed E-state index contributed by atoms with van der Waals surface area (Å²) in [6.07, 6.45) is 4.45. The van der Waals surface area contributed by atoms with E-state index < -0.39 is 33.4 Å². The molecular formula is C16H30O7P+. The third-order valence-electron chi connectivity index (χ3n) is 3.30. The van der Waals surface area contributed by atoms with Crippen molar-refractivity contribution in [3.8, 4) is 0 Å². The predicted octanol–water partition coefficient (Wildman–Crippen LogP) is 3.92. The van der Waals surface area contributed by atoms with Crippen LogP contribution in [0.2, 0.25) is 0 Å². The van der Waals surface area contributed by atoms with Gasteiger partial charge in [0.05, 0.1) is 0 Å². The third-order valence-corrected chi connectivity index (χ3v) is 3.98. The highest BCUT2D eigenvalue weighted by Crippen LogP contribution is 2.23. The molecule has 0 aliphatic carbocycles. The van der Waals surface area contributed by atoms with E-state index in [1.54, 1.807) is 0 Å². The molecule has 2 unspecified atom stereocenters. The first kappa shape index (κ1) is 23.0. The van der Waals surface area contributed by atoms with Gasteiger partial charge in [0, 0.05) is 4.57 Å². The van der Waals surface area contributed by atoms with Crippen molar-refractivity contribution in [2.45, 2.75) is 78.4 Å². The van der Waals surface area contributed by atoms with Crippen LogP contribution in [0.1, 0.15) is 66.2 Å². The van der Waals surface area contributed by atoms with Gasteiger partial charge in [-0.05, 0) is 25.7 Å². The minimum absolute atomic E-state index is 0.163. The van der Waals surface area contributed by atoms with Gasteiger partial charge in [0.15, 0.2) is 0 Å². The van der Waals surface area contributed by atoms with Gasteiger partial charge >= 0.3 is 20.2 Å². The fourth-order valence-corrected chi connectivity index (χ4v) is 2.52. The van der Waals surface area contributed by atoms with Crippen molar-refractivity contribution >= 4 is 20.2 Å². The van der Waals surface area contributed by atoms with Crippen LogP contribution in [0.4, 0.5) is 0 Å². The first-order valence-corrected chi connectivity index (χ1v) is 9.68. The van der Waals surface area contributed by atoms with E-state index in [4.69, 9.17) is 18.5 Å². The van der Waals surface area contributed by atoms with Crippen molar-refractivity contribution in [3.63, 3.8) is 0 Å². The Morgan fingerprint density at radius 1 is 0.792 bits per heavy atom. The zero-order chi connectivity index (χ0) is 18.4. The average Bonchev–Trinajstić information content (AvgIpc) is 2.57. The lowest BCUT2D eigenvalue weighted by Gasteiger charge is -2.14. The topological polar surface area (TPSA) is 88.1 Å². The van der Waals surface area contributed by atoms with Crippen LogP contribution in [-0.2, 0) is 32.7 Å². The molecule has 140 valence electrons. The normalized spacial score (nSPS) is 13.9. The van der Waals surface area contributed by atoms with Crippen molar-refractivity contribution in [2.75, 3.05) is 13.2 Å². The maximum atomic E-state index is 11.6. The van der Waals surface area contributed by atoms with Gasteiger partial charge in [-0.15, -0.1) is 9.05 Å². The van der Waals surface area contributed by atoms with Gasteiger partial charge < -0.3 is 9.47 Å². The van der Waals surface area contributed by atoms with E-state index in [0.717, 1.165) is 25.7 Å². The summed E-state index contributed by atoms with van der Waals surface area (Å²) >= 11 is 0. The maximum absolute atomic E-state index is 11.6. The summed E-state index contributed by atoms with van der Waals surface area (Å²) in [5, 5.41) is 0. The van der Waals surface area contributed by atoms with E-state index in [9.17, 15) is 14.2 Å². The molecule has 0 saturated carbocycles. The fraction of sp³-hybridized carbons (Fsp3) is 0.875. The number of ether oxygens (including phenoxy) is 2. The van der Waals surface area contributed by atoms with Gasteiger partial charge in [-0.3, -0.25) is 0 Å². The van der Waals surface area contributed by atoms with E-state index in [1.807, 2.05) is 27.7 Å². The second-order valence-electron chi connectivity index (χ2n) is 5.39. The molecule has 0 amide bonds. The molecule has 0 saturated heterocycles. The molecule has 0 aliphatic rings. The smallest absolute Gasteiger partial charge is 0.461 e. The van der Waals surface area contributed by atoms with Crippen LogP contribution in [0.15, 0.2) is 0 Å². The molecule has 0 rings (SSSR count). The van der Waals surface area contributed by atoms with Crippen LogP contribution in [0.25, 0.3) is 0 Å². The molecular weight excluding hydrogens is 335 g/mol. The van der Waals surface area contributed by atoms with Crippen LogP contribution < -0.4 is 0 Å². The largest absolute Gasteiger partial charge is 0.698 e. The number of esters is 2. The molecule has 0 bridgehead atoms. The van der Waals surface area contributed by atoms with Crippen molar-refractivity contribution < 1.29 is 32.7 Å². The zero-order valence-corrected chi connectivity index (χ0v) is 16.0. The molecule has 2 atom stereocenters. The van der Waals surface area contributed by atoms with Gasteiger partial charge in [-0.25, -0.2) is 9.59 Å². The molecule has 0 radical (unpaired) electrons. The Hall–Kier alpha value is -1.04. The lowest BCUT2D eigenvalue weighted by molar-refractivity contribution is -0.152. The number of carbonyl (C=O) groups is 2. The van der Waals surface area contributed by atoms with E-state index in [2.05, 4.69) is 0 Å². The van der Waals surface area contributed by atoms with Gasteiger partial charge in [-0.2, -0.15) is 0 Å². The van der Waals surface area contributed by atoms with Crippen molar-refractivity contribution in [1.29, 1.82) is 0 Å². The number of hydrogen-bond acceptors (Lipinski definition) is 7. The Balaban J connectivity index is 3.97. The highest BCUT2D eigenvalue weighted by molar-refractivity contribution is 7.33. The molecule has 0 aromatic rings. The summed E-state index contributed by atoms with van der Waals surface area (Å²) in [4.78, 5) is 23.1. The van der Waals surface area contributed by atoms with Crippen molar-refractivity contribution in [2.24, 2.45) is 0 Å². The SMILES string of the molecule is CCCC(CC)OC(=O)CO[P+](=O)OCC(=O)OC(CC)CCC. The average molecular weight is 365 g/mol. The quantitative estimate of drug-likeness (QED) is 0.340. The summed E-state index contributed by atoms with van der Waals surface area (Å²) in [5.41, 5.74) is 0. The molecule has 0 spiro atoms. The molecule has 7 nitrogen and oxygen atoms in total. The lowest BCUT2D eigenvalue weighted by Crippen LogP contribution is -2.21. The van der Waals surface area contributed by atoms with Crippen molar-refractivity contribution in [3.05, 3.63) is 0 Å². The van der Waals surface area contributed by atoms with Crippen LogP contribution in [0.5, 0.6) is 0 Å². The second kappa shape index (κ2) is 14.3. The number of carbonyl (C=O) groups excluding carboxylic acids is 2. The standard InChI is InChI=1S/C16H30O7P/c1-5-9-13(7-3)22-15(17)11-20-24(19)21-12-16(18)23-14(8-4)10-6-2/h13-14H,5-12H2,1-4H3/q+1. The van der Waals surface area contributed by atoms with E-state index in [0.29, 0.717) is 12.8 Å². The Morgan fingerprint density at radius 3 is 1.46 bits per heavy atom. The molecule has 24 heavy (non-hydrogen) atoms. The summed E-state index contributed by atoms with van der Waals surface area (Å²) in [7, 11) is -2.57. The molecule has 0 N–H and O–H groups in total. The summed E-state index contributed by atoms with van der Waals surface area (Å²) in [5.74, 6) is -1.20. The maximum Gasteiger partial charge on any atom is 0.698 e. The van der Waals surface area contributed by atoms with E-state index in [-0.39, 0.29) is 12.2 Å². The molecule has 0 fully saturated rings. The Kier molecular flexibility index (Phi) is 13.7. The highest BCUT2D eigenvalue weighted by Gasteiger charge is 2.26. The first-order chi connectivity index (χ1) is 11.5. The number of rotatable bonds is 14. The second-order valence-corrected chi connectivity index (χ2v) is 6.35. The molecule has 0 aromatic carbocycles. The minimum atomic E-state index is -2.57. The van der Waals surface area contributed by atoms with Crippen molar-refractivity contribution in [1.82, 2.24) is 0 Å². The Bertz CT molecular complexity index is 353. The summed E-state index contributed by atoms with van der Waals surface area (Å²) in [6, 6.07) is 0. The Morgan fingerprint density at radius 2 is 1.17 bits per heavy atom. The third kappa shape index (κ3) is 11.5. The van der Waals surface area contributed by atoms with E-state index >= 15 is 0 Å². The molecule has 0 aliphatic heterocycles. The first-order valence-electron chi connectivity index (χ1n) is 8.58. The van der Waals surface area contributed by atoms with Crippen LogP contribution >= 0.6 is 8.25 Å². The van der Waals surface area contributed by atoms with E-state index in [1.165, 1.54) is 0 Å². The van der Waals surface area contributed by atoms with Gasteiger partial charge in [0.25, 0.3) is 0 Å². The van der Waals surface area contributed by atoms with Crippen LogP contribution in [0.3, 0.4) is 0 Å². The van der Waals surface area contributed by atoms with Gasteiger partial charge in [0.2, 0.25) is 13.2 Å².